The zero-order chi connectivity index (χ0) is 15.1. The van der Waals surface area contributed by atoms with Crippen LogP contribution in [0.3, 0.4) is 0 Å². The average molecular weight is 274 g/mol. The molecule has 2 N–H and O–H groups in total. The smallest absolute Gasteiger partial charge is 0.326 e. The normalized spacial score (nSPS) is 12.9. The van der Waals surface area contributed by atoms with Gasteiger partial charge < -0.3 is 20.1 Å². The second-order valence-electron chi connectivity index (χ2n) is 5.36. The first kappa shape index (κ1) is 17.7. The highest BCUT2D eigenvalue weighted by Crippen LogP contribution is 2.19. The number of carboxylic acids is 1. The zero-order valence-electron chi connectivity index (χ0n) is 12.5. The van der Waals surface area contributed by atoms with Crippen LogP contribution in [0.2, 0.25) is 0 Å². The minimum Gasteiger partial charge on any atom is -0.480 e. The lowest BCUT2D eigenvalue weighted by Crippen LogP contribution is -2.53. The predicted molar refractivity (Wildman–Crippen MR) is 73.2 cm³/mol. The van der Waals surface area contributed by atoms with E-state index in [-0.39, 0.29) is 6.03 Å². The van der Waals surface area contributed by atoms with E-state index in [0.29, 0.717) is 26.3 Å². The van der Waals surface area contributed by atoms with Gasteiger partial charge in [-0.25, -0.2) is 9.59 Å². The van der Waals surface area contributed by atoms with Gasteiger partial charge in [0.1, 0.15) is 6.04 Å². The van der Waals surface area contributed by atoms with Crippen LogP contribution in [0, 0.1) is 5.41 Å². The number of ether oxygens (including phenoxy) is 1. The first-order valence-electron chi connectivity index (χ1n) is 6.60. The summed E-state index contributed by atoms with van der Waals surface area (Å²) in [7, 11) is 0. The van der Waals surface area contributed by atoms with E-state index in [4.69, 9.17) is 9.84 Å². The number of hydrogen-bond donors (Lipinski definition) is 2. The molecule has 0 spiro atoms. The Morgan fingerprint density at radius 1 is 1.32 bits per heavy atom. The second-order valence-corrected chi connectivity index (χ2v) is 5.36. The summed E-state index contributed by atoms with van der Waals surface area (Å²) in [6.45, 7) is 11.1. The van der Waals surface area contributed by atoms with Gasteiger partial charge in [-0.1, -0.05) is 20.8 Å². The molecule has 0 saturated carbocycles. The van der Waals surface area contributed by atoms with Gasteiger partial charge in [0.05, 0.1) is 6.61 Å². The van der Waals surface area contributed by atoms with E-state index in [0.717, 1.165) is 0 Å². The standard InChI is InChI=1S/C13H26N2O4/c1-6-15(8-9-19-7-2)12(18)14-10(11(16)17)13(3,4)5/h10H,6-9H2,1-5H3,(H,14,18)(H,16,17)/t10-/m0/s1. The minimum atomic E-state index is -1.03. The SMILES string of the molecule is CCOCCN(CC)C(=O)N[C@@H](C(=O)O)C(C)(C)C. The number of likely N-dealkylation sites (N-methyl/N-ethyl adjacent to an activating group) is 1. The number of rotatable bonds is 7. The Balaban J connectivity index is 4.56. The maximum Gasteiger partial charge on any atom is 0.326 e. The summed E-state index contributed by atoms with van der Waals surface area (Å²) < 4.78 is 5.20. The molecule has 0 fully saturated rings. The van der Waals surface area contributed by atoms with Crippen molar-refractivity contribution in [2.45, 2.75) is 40.7 Å². The Morgan fingerprint density at radius 3 is 2.26 bits per heavy atom. The van der Waals surface area contributed by atoms with Crippen LogP contribution in [0.25, 0.3) is 0 Å². The summed E-state index contributed by atoms with van der Waals surface area (Å²) in [5.41, 5.74) is -0.541. The third-order valence-corrected chi connectivity index (χ3v) is 2.76. The number of aliphatic carboxylic acids is 1. The molecular formula is C13H26N2O4. The number of urea groups is 1. The van der Waals surface area contributed by atoms with Crippen LogP contribution in [0.1, 0.15) is 34.6 Å². The monoisotopic (exact) mass is 274 g/mol. The van der Waals surface area contributed by atoms with Crippen LogP contribution in [-0.2, 0) is 9.53 Å². The van der Waals surface area contributed by atoms with E-state index in [1.54, 1.807) is 20.8 Å². The third kappa shape index (κ3) is 6.42. The Labute approximate surface area is 115 Å². The molecule has 6 heteroatoms. The molecule has 0 saturated heterocycles. The van der Waals surface area contributed by atoms with Crippen molar-refractivity contribution in [3.05, 3.63) is 0 Å². The first-order valence-corrected chi connectivity index (χ1v) is 6.60. The highest BCUT2D eigenvalue weighted by molar-refractivity contribution is 5.83. The maximum absolute atomic E-state index is 12.0. The third-order valence-electron chi connectivity index (χ3n) is 2.76. The van der Waals surface area contributed by atoms with Gasteiger partial charge in [0.15, 0.2) is 0 Å². The Morgan fingerprint density at radius 2 is 1.89 bits per heavy atom. The maximum atomic E-state index is 12.0. The molecule has 0 aromatic heterocycles. The summed E-state index contributed by atoms with van der Waals surface area (Å²) in [5, 5.41) is 11.7. The van der Waals surface area contributed by atoms with Crippen molar-refractivity contribution in [2.75, 3.05) is 26.3 Å². The molecule has 0 bridgehead atoms. The molecule has 0 radical (unpaired) electrons. The van der Waals surface area contributed by atoms with Gasteiger partial charge in [-0.05, 0) is 19.3 Å². The molecule has 2 amide bonds. The Hall–Kier alpha value is -1.30. The number of carboxylic acid groups (broad SMARTS) is 1. The van der Waals surface area contributed by atoms with Crippen molar-refractivity contribution < 1.29 is 19.4 Å². The average Bonchev–Trinajstić information content (AvgIpc) is 2.29. The molecule has 0 aliphatic heterocycles. The first-order chi connectivity index (χ1) is 8.73. The van der Waals surface area contributed by atoms with Crippen LogP contribution in [-0.4, -0.2) is 54.4 Å². The van der Waals surface area contributed by atoms with E-state index in [1.807, 2.05) is 13.8 Å². The number of hydrogen-bond acceptors (Lipinski definition) is 3. The zero-order valence-corrected chi connectivity index (χ0v) is 12.5. The van der Waals surface area contributed by atoms with E-state index in [2.05, 4.69) is 5.32 Å². The Kier molecular flexibility index (Phi) is 7.44. The van der Waals surface area contributed by atoms with E-state index in [1.165, 1.54) is 4.90 Å². The quantitative estimate of drug-likeness (QED) is 0.690. The van der Waals surface area contributed by atoms with Crippen LogP contribution in [0.5, 0.6) is 0 Å². The van der Waals surface area contributed by atoms with Crippen molar-refractivity contribution in [2.24, 2.45) is 5.41 Å². The van der Waals surface area contributed by atoms with Gasteiger partial charge in [0.2, 0.25) is 0 Å². The molecule has 6 nitrogen and oxygen atoms in total. The number of carbonyl (C=O) groups is 2. The summed E-state index contributed by atoms with van der Waals surface area (Å²) in [6.07, 6.45) is 0. The van der Waals surface area contributed by atoms with Crippen molar-refractivity contribution in [3.63, 3.8) is 0 Å². The van der Waals surface area contributed by atoms with Gasteiger partial charge in [0.25, 0.3) is 0 Å². The molecule has 0 aliphatic rings. The summed E-state index contributed by atoms with van der Waals surface area (Å²) in [5.74, 6) is -1.03. The second kappa shape index (κ2) is 7.99. The number of amides is 2. The fourth-order valence-corrected chi connectivity index (χ4v) is 1.59. The number of nitrogens with one attached hydrogen (secondary N) is 1. The van der Waals surface area contributed by atoms with Crippen molar-refractivity contribution in [3.8, 4) is 0 Å². The lowest BCUT2D eigenvalue weighted by atomic mass is 9.87. The minimum absolute atomic E-state index is 0.371. The van der Waals surface area contributed by atoms with Crippen LogP contribution >= 0.6 is 0 Å². The van der Waals surface area contributed by atoms with Gasteiger partial charge in [-0.3, -0.25) is 0 Å². The fraction of sp³-hybridized carbons (Fsp3) is 0.846. The molecule has 0 unspecified atom stereocenters. The predicted octanol–water partition coefficient (Wildman–Crippen LogP) is 1.55. The van der Waals surface area contributed by atoms with Gasteiger partial charge in [-0.2, -0.15) is 0 Å². The molecular weight excluding hydrogens is 248 g/mol. The molecule has 1 atom stereocenters. The van der Waals surface area contributed by atoms with E-state index in [9.17, 15) is 9.59 Å². The molecule has 0 aromatic carbocycles. The fourth-order valence-electron chi connectivity index (χ4n) is 1.59. The van der Waals surface area contributed by atoms with Crippen LogP contribution in [0.4, 0.5) is 4.79 Å². The summed E-state index contributed by atoms with van der Waals surface area (Å²) >= 11 is 0. The van der Waals surface area contributed by atoms with Gasteiger partial charge >= 0.3 is 12.0 Å². The number of carbonyl (C=O) groups excluding carboxylic acids is 1. The van der Waals surface area contributed by atoms with E-state index >= 15 is 0 Å². The summed E-state index contributed by atoms with van der Waals surface area (Å²) in [6, 6.07) is -1.29. The van der Waals surface area contributed by atoms with Crippen molar-refractivity contribution >= 4 is 12.0 Å². The van der Waals surface area contributed by atoms with Gasteiger partial charge in [0, 0.05) is 19.7 Å². The lowest BCUT2D eigenvalue weighted by Gasteiger charge is -2.30. The highest BCUT2D eigenvalue weighted by atomic mass is 16.5. The van der Waals surface area contributed by atoms with Crippen molar-refractivity contribution in [1.82, 2.24) is 10.2 Å². The lowest BCUT2D eigenvalue weighted by molar-refractivity contribution is -0.142. The highest BCUT2D eigenvalue weighted by Gasteiger charge is 2.33. The molecule has 19 heavy (non-hydrogen) atoms. The van der Waals surface area contributed by atoms with Crippen LogP contribution < -0.4 is 5.32 Å². The molecule has 0 rings (SSSR count). The van der Waals surface area contributed by atoms with Crippen LogP contribution in [0.15, 0.2) is 0 Å². The number of nitrogens with zero attached hydrogens (tertiary/aromatic N) is 1. The van der Waals surface area contributed by atoms with Gasteiger partial charge in [-0.15, -0.1) is 0 Å². The largest absolute Gasteiger partial charge is 0.480 e. The topological polar surface area (TPSA) is 78.9 Å². The molecule has 0 aromatic rings. The molecule has 112 valence electrons. The molecule has 0 aliphatic carbocycles. The van der Waals surface area contributed by atoms with E-state index < -0.39 is 17.4 Å². The molecule has 0 heterocycles. The summed E-state index contributed by atoms with van der Waals surface area (Å²) in [4.78, 5) is 24.8. The Bertz CT molecular complexity index is 300. The van der Waals surface area contributed by atoms with Crippen molar-refractivity contribution in [1.29, 1.82) is 0 Å².